The molecule has 0 aromatic carbocycles. The highest BCUT2D eigenvalue weighted by molar-refractivity contribution is 5.93. The van der Waals surface area contributed by atoms with E-state index in [9.17, 15) is 9.59 Å². The Balaban J connectivity index is 0.00000220. The second kappa shape index (κ2) is 8.20. The van der Waals surface area contributed by atoms with Gasteiger partial charge in [-0.05, 0) is 50.9 Å². The molecule has 118 valence electrons. The van der Waals surface area contributed by atoms with Crippen molar-refractivity contribution in [2.24, 2.45) is 13.0 Å². The standard InChI is InChI=1S/C15H23N3O2.ClH/c1-16-8-5-12-6-10-18(11-7-12)15(20)13-4-3-9-17(2)14(13)19;/h3-4,9,12,16H,5-8,10-11H2,1-2H3;1H. The zero-order valence-electron chi connectivity index (χ0n) is 12.7. The van der Waals surface area contributed by atoms with Crippen molar-refractivity contribution in [3.63, 3.8) is 0 Å². The molecule has 1 saturated heterocycles. The molecule has 0 unspecified atom stereocenters. The minimum absolute atomic E-state index is 0. The predicted octanol–water partition coefficient (Wildman–Crippen LogP) is 1.27. The maximum absolute atomic E-state index is 12.4. The third-order valence-corrected chi connectivity index (χ3v) is 4.06. The van der Waals surface area contributed by atoms with E-state index in [1.807, 2.05) is 11.9 Å². The Morgan fingerprint density at radius 1 is 1.38 bits per heavy atom. The van der Waals surface area contributed by atoms with Crippen LogP contribution < -0.4 is 10.9 Å². The highest BCUT2D eigenvalue weighted by Crippen LogP contribution is 2.20. The molecule has 0 spiro atoms. The summed E-state index contributed by atoms with van der Waals surface area (Å²) in [6, 6.07) is 3.37. The van der Waals surface area contributed by atoms with Gasteiger partial charge in [0.2, 0.25) is 0 Å². The Morgan fingerprint density at radius 3 is 2.67 bits per heavy atom. The van der Waals surface area contributed by atoms with Crippen LogP contribution in [0.15, 0.2) is 23.1 Å². The van der Waals surface area contributed by atoms with E-state index >= 15 is 0 Å². The summed E-state index contributed by atoms with van der Waals surface area (Å²) in [7, 11) is 3.63. The lowest BCUT2D eigenvalue weighted by molar-refractivity contribution is 0.0684. The number of nitrogens with zero attached hydrogens (tertiary/aromatic N) is 2. The summed E-state index contributed by atoms with van der Waals surface area (Å²) in [6.45, 7) is 2.54. The summed E-state index contributed by atoms with van der Waals surface area (Å²) >= 11 is 0. The highest BCUT2D eigenvalue weighted by Gasteiger charge is 2.24. The monoisotopic (exact) mass is 313 g/mol. The Morgan fingerprint density at radius 2 is 2.05 bits per heavy atom. The number of carbonyl (C=O) groups excluding carboxylic acids is 1. The van der Waals surface area contributed by atoms with Gasteiger partial charge in [0.25, 0.3) is 11.5 Å². The normalized spacial score (nSPS) is 15.6. The van der Waals surface area contributed by atoms with Gasteiger partial charge in [0.05, 0.1) is 0 Å². The van der Waals surface area contributed by atoms with Gasteiger partial charge in [-0.1, -0.05) is 0 Å². The van der Waals surface area contributed by atoms with Crippen molar-refractivity contribution in [3.05, 3.63) is 34.2 Å². The van der Waals surface area contributed by atoms with E-state index in [1.54, 1.807) is 25.4 Å². The molecule has 1 aliphatic heterocycles. The lowest BCUT2D eigenvalue weighted by Crippen LogP contribution is -2.41. The fraction of sp³-hybridized carbons (Fsp3) is 0.600. The van der Waals surface area contributed by atoms with Gasteiger partial charge in [-0.3, -0.25) is 9.59 Å². The number of likely N-dealkylation sites (tertiary alicyclic amines) is 1. The van der Waals surface area contributed by atoms with Crippen LogP contribution in [0.5, 0.6) is 0 Å². The van der Waals surface area contributed by atoms with Crippen LogP contribution in [-0.2, 0) is 7.05 Å². The second-order valence-electron chi connectivity index (χ2n) is 5.47. The van der Waals surface area contributed by atoms with E-state index in [1.165, 1.54) is 4.57 Å². The van der Waals surface area contributed by atoms with Crippen LogP contribution in [-0.4, -0.2) is 42.1 Å². The summed E-state index contributed by atoms with van der Waals surface area (Å²) in [5, 5.41) is 3.16. The average molecular weight is 314 g/mol. The smallest absolute Gasteiger partial charge is 0.263 e. The minimum atomic E-state index is -0.213. The molecule has 2 rings (SSSR count). The third-order valence-electron chi connectivity index (χ3n) is 4.06. The zero-order valence-corrected chi connectivity index (χ0v) is 13.5. The molecule has 1 aromatic rings. The van der Waals surface area contributed by atoms with Gasteiger partial charge < -0.3 is 14.8 Å². The molecule has 1 amide bonds. The first kappa shape index (κ1) is 17.7. The van der Waals surface area contributed by atoms with Crippen LogP contribution in [0.25, 0.3) is 0 Å². The SMILES string of the molecule is CNCCC1CCN(C(=O)c2cccn(C)c2=O)CC1.Cl. The number of halogens is 1. The molecular formula is C15H24ClN3O2. The summed E-state index contributed by atoms with van der Waals surface area (Å²) in [5.41, 5.74) is 0.0680. The molecule has 0 radical (unpaired) electrons. The number of rotatable bonds is 4. The first-order valence-electron chi connectivity index (χ1n) is 7.23. The van der Waals surface area contributed by atoms with Gasteiger partial charge in [-0.25, -0.2) is 0 Å². The van der Waals surface area contributed by atoms with Crippen LogP contribution in [0.4, 0.5) is 0 Å². The largest absolute Gasteiger partial charge is 0.338 e. The van der Waals surface area contributed by atoms with E-state index in [2.05, 4.69) is 5.32 Å². The van der Waals surface area contributed by atoms with Crippen molar-refractivity contribution in [1.82, 2.24) is 14.8 Å². The number of nitrogens with one attached hydrogen (secondary N) is 1. The number of carbonyl (C=O) groups is 1. The molecule has 21 heavy (non-hydrogen) atoms. The molecule has 0 saturated carbocycles. The zero-order chi connectivity index (χ0) is 14.5. The van der Waals surface area contributed by atoms with E-state index in [0.717, 1.165) is 38.9 Å². The first-order chi connectivity index (χ1) is 9.63. The van der Waals surface area contributed by atoms with Crippen LogP contribution in [0, 0.1) is 5.92 Å². The summed E-state index contributed by atoms with van der Waals surface area (Å²) in [4.78, 5) is 26.2. The van der Waals surface area contributed by atoms with Crippen LogP contribution in [0.3, 0.4) is 0 Å². The number of hydrogen-bond acceptors (Lipinski definition) is 3. The fourth-order valence-electron chi connectivity index (χ4n) is 2.70. The number of piperidine rings is 1. The lowest BCUT2D eigenvalue weighted by atomic mass is 9.93. The van der Waals surface area contributed by atoms with Gasteiger partial charge in [0.15, 0.2) is 0 Å². The lowest BCUT2D eigenvalue weighted by Gasteiger charge is -2.32. The van der Waals surface area contributed by atoms with Gasteiger partial charge in [0, 0.05) is 26.3 Å². The topological polar surface area (TPSA) is 54.3 Å². The maximum atomic E-state index is 12.4. The molecule has 1 aliphatic rings. The minimum Gasteiger partial charge on any atom is -0.338 e. The predicted molar refractivity (Wildman–Crippen MR) is 86.1 cm³/mol. The number of hydrogen-bond donors (Lipinski definition) is 1. The fourth-order valence-corrected chi connectivity index (χ4v) is 2.70. The summed E-state index contributed by atoms with van der Waals surface area (Å²) in [6.07, 6.45) is 4.88. The Bertz CT molecular complexity index is 522. The number of amides is 1. The average Bonchev–Trinajstić information content (AvgIpc) is 2.48. The molecule has 1 aromatic heterocycles. The van der Waals surface area contributed by atoms with Gasteiger partial charge in [-0.15, -0.1) is 12.4 Å². The Kier molecular flexibility index (Phi) is 6.92. The molecule has 1 N–H and O–H groups in total. The Hall–Kier alpha value is -1.33. The van der Waals surface area contributed by atoms with Gasteiger partial charge in [0.1, 0.15) is 5.56 Å². The van der Waals surface area contributed by atoms with E-state index in [4.69, 9.17) is 0 Å². The first-order valence-corrected chi connectivity index (χ1v) is 7.23. The number of pyridine rings is 1. The molecule has 0 atom stereocenters. The third kappa shape index (κ3) is 4.32. The van der Waals surface area contributed by atoms with Crippen molar-refractivity contribution >= 4 is 18.3 Å². The summed E-state index contributed by atoms with van der Waals surface area (Å²) in [5.74, 6) is 0.559. The van der Waals surface area contributed by atoms with Crippen molar-refractivity contribution in [2.75, 3.05) is 26.7 Å². The maximum Gasteiger partial charge on any atom is 0.263 e. The van der Waals surface area contributed by atoms with Crippen molar-refractivity contribution in [1.29, 1.82) is 0 Å². The molecule has 0 bridgehead atoms. The molecule has 6 heteroatoms. The molecule has 1 fully saturated rings. The number of aromatic nitrogens is 1. The van der Waals surface area contributed by atoms with Gasteiger partial charge in [-0.2, -0.15) is 0 Å². The highest BCUT2D eigenvalue weighted by atomic mass is 35.5. The van der Waals surface area contributed by atoms with E-state index in [-0.39, 0.29) is 29.4 Å². The van der Waals surface area contributed by atoms with Crippen LogP contribution in [0.1, 0.15) is 29.6 Å². The number of aryl methyl sites for hydroxylation is 1. The van der Waals surface area contributed by atoms with Crippen LogP contribution in [0.2, 0.25) is 0 Å². The van der Waals surface area contributed by atoms with E-state index in [0.29, 0.717) is 5.92 Å². The van der Waals surface area contributed by atoms with Crippen molar-refractivity contribution in [2.45, 2.75) is 19.3 Å². The molecule has 2 heterocycles. The molecule has 0 aliphatic carbocycles. The van der Waals surface area contributed by atoms with Gasteiger partial charge >= 0.3 is 0 Å². The quantitative estimate of drug-likeness (QED) is 0.911. The summed E-state index contributed by atoms with van der Waals surface area (Å²) < 4.78 is 1.45. The van der Waals surface area contributed by atoms with E-state index < -0.39 is 0 Å². The van der Waals surface area contributed by atoms with Crippen molar-refractivity contribution in [3.8, 4) is 0 Å². The molecule has 5 nitrogen and oxygen atoms in total. The Labute approximate surface area is 131 Å². The molecular weight excluding hydrogens is 290 g/mol. The van der Waals surface area contributed by atoms with Crippen LogP contribution >= 0.6 is 12.4 Å². The second-order valence-corrected chi connectivity index (χ2v) is 5.47. The van der Waals surface area contributed by atoms with Crippen molar-refractivity contribution < 1.29 is 4.79 Å².